The van der Waals surface area contributed by atoms with Crippen molar-refractivity contribution in [1.82, 2.24) is 10.6 Å². The molecule has 1 saturated carbocycles. The van der Waals surface area contributed by atoms with Gasteiger partial charge in [0.05, 0.1) is 12.2 Å². The van der Waals surface area contributed by atoms with Crippen molar-refractivity contribution in [3.63, 3.8) is 0 Å². The molecule has 2 aromatic carbocycles. The second-order valence-corrected chi connectivity index (χ2v) is 6.54. The lowest BCUT2D eigenvalue weighted by Gasteiger charge is -2.13. The number of hydrogen-bond acceptors (Lipinski definition) is 3. The van der Waals surface area contributed by atoms with Crippen LogP contribution in [-0.2, 0) is 0 Å². The van der Waals surface area contributed by atoms with Gasteiger partial charge in [0.2, 0.25) is 0 Å². The van der Waals surface area contributed by atoms with Gasteiger partial charge in [0.25, 0.3) is 11.8 Å². The molecule has 0 aromatic heterocycles. The van der Waals surface area contributed by atoms with Crippen LogP contribution >= 0.6 is 0 Å². The van der Waals surface area contributed by atoms with Gasteiger partial charge in [0.1, 0.15) is 5.75 Å². The topological polar surface area (TPSA) is 67.4 Å². The van der Waals surface area contributed by atoms with Gasteiger partial charge in [-0.15, -0.1) is 0 Å². The fourth-order valence-electron chi connectivity index (χ4n) is 3.22. The summed E-state index contributed by atoms with van der Waals surface area (Å²) in [6.07, 6.45) is 2.05. The van der Waals surface area contributed by atoms with Gasteiger partial charge >= 0.3 is 0 Å². The Morgan fingerprint density at radius 2 is 1.84 bits per heavy atom. The summed E-state index contributed by atoms with van der Waals surface area (Å²) >= 11 is 0. The first-order chi connectivity index (χ1) is 12.2. The van der Waals surface area contributed by atoms with Crippen LogP contribution in [0.3, 0.4) is 0 Å². The molecule has 1 heterocycles. The number of hydrogen-bond donors (Lipinski definition) is 2. The quantitative estimate of drug-likeness (QED) is 0.901. The monoisotopic (exact) mass is 336 g/mol. The Kier molecular flexibility index (Phi) is 3.92. The minimum atomic E-state index is -0.244. The number of amides is 2. The predicted molar refractivity (Wildman–Crippen MR) is 94.1 cm³/mol. The highest BCUT2D eigenvalue weighted by atomic mass is 16.5. The number of carbonyl (C=O) groups excluding carboxylic acids is 2. The van der Waals surface area contributed by atoms with E-state index in [9.17, 15) is 9.59 Å². The van der Waals surface area contributed by atoms with Gasteiger partial charge in [-0.3, -0.25) is 9.59 Å². The van der Waals surface area contributed by atoms with Crippen molar-refractivity contribution >= 4 is 11.8 Å². The van der Waals surface area contributed by atoms with Gasteiger partial charge in [0, 0.05) is 30.1 Å². The van der Waals surface area contributed by atoms with Crippen LogP contribution in [0.25, 0.3) is 0 Å². The van der Waals surface area contributed by atoms with E-state index in [4.69, 9.17) is 4.74 Å². The molecule has 1 fully saturated rings. The lowest BCUT2D eigenvalue weighted by Crippen LogP contribution is -2.26. The largest absolute Gasteiger partial charge is 0.491 e. The van der Waals surface area contributed by atoms with Crippen LogP contribution in [0.4, 0.5) is 0 Å². The zero-order valence-electron chi connectivity index (χ0n) is 14.0. The van der Waals surface area contributed by atoms with Crippen LogP contribution in [-0.4, -0.2) is 31.5 Å². The fourth-order valence-corrected chi connectivity index (χ4v) is 3.22. The summed E-state index contributed by atoms with van der Waals surface area (Å²) in [6.45, 7) is 0.469. The Morgan fingerprint density at radius 3 is 2.52 bits per heavy atom. The average molecular weight is 336 g/mol. The maximum atomic E-state index is 12.5. The molecule has 5 heteroatoms. The van der Waals surface area contributed by atoms with Crippen molar-refractivity contribution in [3.8, 4) is 5.75 Å². The van der Waals surface area contributed by atoms with Gasteiger partial charge < -0.3 is 15.4 Å². The van der Waals surface area contributed by atoms with E-state index in [2.05, 4.69) is 10.6 Å². The molecule has 1 aliphatic carbocycles. The minimum absolute atomic E-state index is 0.0216. The van der Waals surface area contributed by atoms with Gasteiger partial charge in [-0.2, -0.15) is 0 Å². The van der Waals surface area contributed by atoms with Crippen molar-refractivity contribution in [2.45, 2.75) is 24.8 Å². The third-order valence-corrected chi connectivity index (χ3v) is 4.74. The summed E-state index contributed by atoms with van der Waals surface area (Å²) in [7, 11) is 1.58. The second kappa shape index (κ2) is 6.24. The Hall–Kier alpha value is -2.82. The molecule has 5 nitrogen and oxygen atoms in total. The summed E-state index contributed by atoms with van der Waals surface area (Å²) in [6, 6.07) is 13.8. The maximum Gasteiger partial charge on any atom is 0.254 e. The van der Waals surface area contributed by atoms with E-state index in [1.807, 2.05) is 36.4 Å². The van der Waals surface area contributed by atoms with Crippen LogP contribution in [0.5, 0.6) is 5.75 Å². The molecule has 2 aromatic rings. The molecule has 128 valence electrons. The Labute approximate surface area is 146 Å². The SMILES string of the molecule is CNC(=O)c1cc(C(=O)NC2CC2)cc2c1OC[C@@H]2c1ccccc1. The van der Waals surface area contributed by atoms with Crippen molar-refractivity contribution in [3.05, 3.63) is 64.7 Å². The summed E-state index contributed by atoms with van der Waals surface area (Å²) in [5, 5.41) is 5.62. The molecule has 2 aliphatic rings. The van der Waals surface area contributed by atoms with Gasteiger partial charge in [-0.05, 0) is 30.5 Å². The highest BCUT2D eigenvalue weighted by Crippen LogP contribution is 2.41. The molecule has 2 amide bonds. The first kappa shape index (κ1) is 15.7. The van der Waals surface area contributed by atoms with Gasteiger partial charge in [-0.1, -0.05) is 30.3 Å². The zero-order chi connectivity index (χ0) is 17.4. The van der Waals surface area contributed by atoms with Gasteiger partial charge in [-0.25, -0.2) is 0 Å². The normalized spacial score (nSPS) is 18.2. The standard InChI is InChI=1S/C20H20N2O3/c1-21-20(24)16-10-13(19(23)22-14-7-8-14)9-15-17(11-25-18(15)16)12-5-3-2-4-6-12/h2-6,9-10,14,17H,7-8,11H2,1H3,(H,21,24)(H,22,23)/t17-/m1/s1. The van der Waals surface area contributed by atoms with E-state index >= 15 is 0 Å². The molecule has 1 aliphatic heterocycles. The smallest absolute Gasteiger partial charge is 0.254 e. The van der Waals surface area contributed by atoms with Crippen molar-refractivity contribution < 1.29 is 14.3 Å². The highest BCUT2D eigenvalue weighted by Gasteiger charge is 2.32. The first-order valence-corrected chi connectivity index (χ1v) is 8.56. The van der Waals surface area contributed by atoms with E-state index in [-0.39, 0.29) is 23.8 Å². The van der Waals surface area contributed by atoms with Crippen molar-refractivity contribution in [2.75, 3.05) is 13.7 Å². The van der Waals surface area contributed by atoms with E-state index in [1.165, 1.54) is 0 Å². The second-order valence-electron chi connectivity index (χ2n) is 6.54. The molecular formula is C20H20N2O3. The van der Waals surface area contributed by atoms with Crippen LogP contribution in [0, 0.1) is 0 Å². The van der Waals surface area contributed by atoms with E-state index < -0.39 is 0 Å². The van der Waals surface area contributed by atoms with Crippen LogP contribution in [0.1, 0.15) is 50.6 Å². The summed E-state index contributed by atoms with van der Waals surface area (Å²) < 4.78 is 5.86. The lowest BCUT2D eigenvalue weighted by molar-refractivity contribution is 0.0951. The van der Waals surface area contributed by atoms with E-state index in [0.717, 1.165) is 24.0 Å². The van der Waals surface area contributed by atoms with Crippen LogP contribution < -0.4 is 15.4 Å². The van der Waals surface area contributed by atoms with Crippen molar-refractivity contribution in [2.24, 2.45) is 0 Å². The number of fused-ring (bicyclic) bond motifs is 1. The summed E-state index contributed by atoms with van der Waals surface area (Å²) in [5.41, 5.74) is 2.94. The molecular weight excluding hydrogens is 316 g/mol. The Bertz CT molecular complexity index is 828. The summed E-state index contributed by atoms with van der Waals surface area (Å²) in [5.74, 6) is 0.227. The Morgan fingerprint density at radius 1 is 1.08 bits per heavy atom. The highest BCUT2D eigenvalue weighted by molar-refractivity contribution is 6.02. The molecule has 2 N–H and O–H groups in total. The molecule has 0 spiro atoms. The maximum absolute atomic E-state index is 12.5. The number of nitrogens with one attached hydrogen (secondary N) is 2. The minimum Gasteiger partial charge on any atom is -0.491 e. The lowest BCUT2D eigenvalue weighted by atomic mass is 9.90. The van der Waals surface area contributed by atoms with Crippen LogP contribution in [0.2, 0.25) is 0 Å². The molecule has 0 radical (unpaired) electrons. The fraction of sp³-hybridized carbons (Fsp3) is 0.300. The average Bonchev–Trinajstić information content (AvgIpc) is 3.36. The molecule has 0 saturated heterocycles. The van der Waals surface area contributed by atoms with Gasteiger partial charge in [0.15, 0.2) is 0 Å². The number of benzene rings is 2. The third-order valence-electron chi connectivity index (χ3n) is 4.74. The molecule has 25 heavy (non-hydrogen) atoms. The number of rotatable bonds is 4. The van der Waals surface area contributed by atoms with Crippen molar-refractivity contribution in [1.29, 1.82) is 0 Å². The van der Waals surface area contributed by atoms with E-state index in [0.29, 0.717) is 23.5 Å². The van der Waals surface area contributed by atoms with E-state index in [1.54, 1.807) is 13.1 Å². The third kappa shape index (κ3) is 2.97. The Balaban J connectivity index is 1.78. The summed E-state index contributed by atoms with van der Waals surface area (Å²) in [4.78, 5) is 24.8. The zero-order valence-corrected chi connectivity index (χ0v) is 14.0. The predicted octanol–water partition coefficient (Wildman–Crippen LogP) is 2.46. The molecule has 0 bridgehead atoms. The number of carbonyl (C=O) groups is 2. The van der Waals surface area contributed by atoms with Crippen LogP contribution in [0.15, 0.2) is 42.5 Å². The molecule has 4 rings (SSSR count). The molecule has 0 unspecified atom stereocenters. The molecule has 1 atom stereocenters. The number of ether oxygens (including phenoxy) is 1. The first-order valence-electron chi connectivity index (χ1n) is 8.56.